The third kappa shape index (κ3) is 4.18. The summed E-state index contributed by atoms with van der Waals surface area (Å²) < 4.78 is 11.7. The van der Waals surface area contributed by atoms with Gasteiger partial charge in [0.2, 0.25) is 5.91 Å². The van der Waals surface area contributed by atoms with E-state index in [-0.39, 0.29) is 17.9 Å². The summed E-state index contributed by atoms with van der Waals surface area (Å²) in [6, 6.07) is 7.43. The van der Waals surface area contributed by atoms with Crippen molar-refractivity contribution in [2.24, 2.45) is 5.92 Å². The molecule has 4 rings (SSSR count). The largest absolute Gasteiger partial charge is 0.491 e. The third-order valence-electron chi connectivity index (χ3n) is 6.08. The molecule has 0 spiro atoms. The van der Waals surface area contributed by atoms with Gasteiger partial charge in [0.1, 0.15) is 11.8 Å². The number of hydrogen-bond donors (Lipinski definition) is 2. The van der Waals surface area contributed by atoms with Gasteiger partial charge >= 0.3 is 6.09 Å². The molecule has 1 saturated heterocycles. The van der Waals surface area contributed by atoms with E-state index in [0.717, 1.165) is 52.0 Å². The first-order chi connectivity index (χ1) is 14.9. The molecule has 31 heavy (non-hydrogen) atoms. The second-order valence-corrected chi connectivity index (χ2v) is 9.29. The highest BCUT2D eigenvalue weighted by Crippen LogP contribution is 2.45. The number of likely N-dealkylation sites (tertiary alicyclic amines) is 1. The zero-order valence-corrected chi connectivity index (χ0v) is 19.6. The van der Waals surface area contributed by atoms with E-state index in [1.807, 2.05) is 43.0 Å². The Bertz CT molecular complexity index is 970. The van der Waals surface area contributed by atoms with Crippen LogP contribution in [0.5, 0.6) is 5.75 Å². The lowest BCUT2D eigenvalue weighted by Gasteiger charge is -2.30. The summed E-state index contributed by atoms with van der Waals surface area (Å²) in [5, 5.41) is 2.71. The number of carbonyl (C=O) groups excluding carboxylic acids is 2. The van der Waals surface area contributed by atoms with E-state index in [2.05, 4.69) is 26.2 Å². The summed E-state index contributed by atoms with van der Waals surface area (Å²) in [5.74, 6) is 0.768. The number of hydrogen-bond acceptors (Lipinski definition) is 4. The van der Waals surface area contributed by atoms with Gasteiger partial charge in [-0.1, -0.05) is 41.9 Å². The molecule has 0 saturated carbocycles. The first-order valence-corrected chi connectivity index (χ1v) is 11.5. The fourth-order valence-electron chi connectivity index (χ4n) is 4.52. The standard InChI is InChI=1S/C23H28BrN3O4/c1-13(2)18(26-23(29)30-3)22(28)27-11-4-5-17(27)20-16-10-12-31-21(16)19(25-20)14-6-8-15(24)9-7-14/h6-9,13,17-18,25H,4-5,10-12H2,1-3H3,(H,26,29)/t17-,18+/m1/s1. The number of nitrogens with one attached hydrogen (secondary N) is 2. The molecule has 2 aliphatic heterocycles. The number of methoxy groups -OCH3 is 1. The van der Waals surface area contributed by atoms with E-state index in [9.17, 15) is 9.59 Å². The number of aromatic amines is 1. The Kier molecular flexibility index (Phi) is 6.27. The van der Waals surface area contributed by atoms with Crippen molar-refractivity contribution in [3.63, 3.8) is 0 Å². The number of amides is 2. The molecule has 0 unspecified atom stereocenters. The molecule has 1 fully saturated rings. The highest BCUT2D eigenvalue weighted by Gasteiger charge is 2.39. The van der Waals surface area contributed by atoms with E-state index in [4.69, 9.17) is 9.47 Å². The van der Waals surface area contributed by atoms with Crippen molar-refractivity contribution in [1.82, 2.24) is 15.2 Å². The number of ether oxygens (including phenoxy) is 2. The average molecular weight is 490 g/mol. The first-order valence-electron chi connectivity index (χ1n) is 10.7. The summed E-state index contributed by atoms with van der Waals surface area (Å²) in [7, 11) is 1.31. The molecule has 0 bridgehead atoms. The van der Waals surface area contributed by atoms with Crippen LogP contribution in [0.15, 0.2) is 28.7 Å². The second kappa shape index (κ2) is 8.94. The lowest BCUT2D eigenvalue weighted by Crippen LogP contribution is -2.51. The summed E-state index contributed by atoms with van der Waals surface area (Å²) in [6.45, 7) is 5.16. The first kappa shape index (κ1) is 21.7. The predicted octanol–water partition coefficient (Wildman–Crippen LogP) is 4.42. The number of alkyl carbamates (subject to hydrolysis) is 1. The van der Waals surface area contributed by atoms with E-state index in [0.29, 0.717) is 13.2 Å². The van der Waals surface area contributed by atoms with Crippen molar-refractivity contribution < 1.29 is 19.1 Å². The van der Waals surface area contributed by atoms with Gasteiger partial charge in [-0.2, -0.15) is 0 Å². The Morgan fingerprint density at radius 1 is 1.29 bits per heavy atom. The fraction of sp³-hybridized carbons (Fsp3) is 0.478. The summed E-state index contributed by atoms with van der Waals surface area (Å²) >= 11 is 3.49. The van der Waals surface area contributed by atoms with Crippen molar-refractivity contribution in [3.8, 4) is 17.0 Å². The zero-order chi connectivity index (χ0) is 22.1. The number of benzene rings is 1. The Hall–Kier alpha value is -2.48. The Morgan fingerprint density at radius 2 is 2.03 bits per heavy atom. The van der Waals surface area contributed by atoms with Crippen LogP contribution in [0, 0.1) is 5.92 Å². The van der Waals surface area contributed by atoms with E-state index >= 15 is 0 Å². The summed E-state index contributed by atoms with van der Waals surface area (Å²) in [6.07, 6.45) is 2.03. The van der Waals surface area contributed by atoms with Gasteiger partial charge < -0.3 is 24.7 Å². The van der Waals surface area contributed by atoms with Gasteiger partial charge in [0.05, 0.1) is 25.5 Å². The quantitative estimate of drug-likeness (QED) is 0.650. The van der Waals surface area contributed by atoms with Gasteiger partial charge in [0.15, 0.2) is 0 Å². The summed E-state index contributed by atoms with van der Waals surface area (Å²) in [5.41, 5.74) is 4.22. The van der Waals surface area contributed by atoms with Crippen LogP contribution in [-0.2, 0) is 16.0 Å². The smallest absolute Gasteiger partial charge is 0.407 e. The number of fused-ring (bicyclic) bond motifs is 1. The van der Waals surface area contributed by atoms with Crippen molar-refractivity contribution in [2.45, 2.75) is 45.2 Å². The zero-order valence-electron chi connectivity index (χ0n) is 18.0. The molecule has 7 nitrogen and oxygen atoms in total. The maximum Gasteiger partial charge on any atom is 0.407 e. The Balaban J connectivity index is 1.66. The Labute approximate surface area is 190 Å². The SMILES string of the molecule is COC(=O)N[C@H](C(=O)N1CCC[C@@H]1c1[nH]c(-c2ccc(Br)cc2)c2c1CCO2)C(C)C. The minimum absolute atomic E-state index is 0.0520. The van der Waals surface area contributed by atoms with Crippen LogP contribution in [0.1, 0.15) is 44.0 Å². The molecule has 2 aromatic rings. The normalized spacial score (nSPS) is 18.6. The maximum atomic E-state index is 13.4. The topological polar surface area (TPSA) is 83.7 Å². The number of nitrogens with zero attached hydrogens (tertiary/aromatic N) is 1. The van der Waals surface area contributed by atoms with Gasteiger partial charge in [-0.3, -0.25) is 4.79 Å². The van der Waals surface area contributed by atoms with Crippen LogP contribution in [-0.4, -0.2) is 48.2 Å². The molecule has 2 amide bonds. The van der Waals surface area contributed by atoms with Crippen molar-refractivity contribution in [2.75, 3.05) is 20.3 Å². The monoisotopic (exact) mass is 489 g/mol. The second-order valence-electron chi connectivity index (χ2n) is 8.37. The molecule has 0 aliphatic carbocycles. The maximum absolute atomic E-state index is 13.4. The minimum Gasteiger partial charge on any atom is -0.491 e. The van der Waals surface area contributed by atoms with Crippen LogP contribution in [0.2, 0.25) is 0 Å². The minimum atomic E-state index is -0.627. The summed E-state index contributed by atoms with van der Waals surface area (Å²) in [4.78, 5) is 30.7. The van der Waals surface area contributed by atoms with Crippen LogP contribution >= 0.6 is 15.9 Å². The van der Waals surface area contributed by atoms with Crippen LogP contribution in [0.3, 0.4) is 0 Å². The molecular formula is C23H28BrN3O4. The molecule has 1 aromatic carbocycles. The van der Waals surface area contributed by atoms with Gasteiger partial charge in [-0.15, -0.1) is 0 Å². The van der Waals surface area contributed by atoms with E-state index < -0.39 is 12.1 Å². The molecule has 0 radical (unpaired) electrons. The highest BCUT2D eigenvalue weighted by atomic mass is 79.9. The predicted molar refractivity (Wildman–Crippen MR) is 121 cm³/mol. The molecule has 2 N–H and O–H groups in total. The number of aromatic nitrogens is 1. The van der Waals surface area contributed by atoms with E-state index in [1.165, 1.54) is 7.11 Å². The molecule has 1 aromatic heterocycles. The fourth-order valence-corrected chi connectivity index (χ4v) is 4.78. The third-order valence-corrected chi connectivity index (χ3v) is 6.61. The van der Waals surface area contributed by atoms with Crippen LogP contribution in [0.25, 0.3) is 11.3 Å². The van der Waals surface area contributed by atoms with Gasteiger partial charge in [0.25, 0.3) is 0 Å². The van der Waals surface area contributed by atoms with Gasteiger partial charge in [-0.05, 0) is 30.9 Å². The number of halogens is 1. The van der Waals surface area contributed by atoms with Gasteiger partial charge in [0, 0.05) is 34.3 Å². The number of rotatable bonds is 5. The lowest BCUT2D eigenvalue weighted by molar-refractivity contribution is -0.135. The molecule has 3 heterocycles. The molecule has 8 heteroatoms. The average Bonchev–Trinajstić information content (AvgIpc) is 3.48. The van der Waals surface area contributed by atoms with Gasteiger partial charge in [-0.25, -0.2) is 4.79 Å². The Morgan fingerprint density at radius 3 is 2.71 bits per heavy atom. The van der Waals surface area contributed by atoms with Crippen molar-refractivity contribution >= 4 is 27.9 Å². The molecular weight excluding hydrogens is 462 g/mol. The molecule has 2 atom stereocenters. The lowest BCUT2D eigenvalue weighted by atomic mass is 10.0. The molecule has 2 aliphatic rings. The molecule has 166 valence electrons. The van der Waals surface area contributed by atoms with Crippen LogP contribution < -0.4 is 10.1 Å². The van der Waals surface area contributed by atoms with Crippen molar-refractivity contribution in [3.05, 3.63) is 40.0 Å². The van der Waals surface area contributed by atoms with E-state index in [1.54, 1.807) is 0 Å². The number of carbonyl (C=O) groups is 2. The van der Waals surface area contributed by atoms with Crippen LogP contribution in [0.4, 0.5) is 4.79 Å². The van der Waals surface area contributed by atoms with Crippen molar-refractivity contribution in [1.29, 1.82) is 0 Å². The number of H-pyrrole nitrogens is 1. The highest BCUT2D eigenvalue weighted by molar-refractivity contribution is 9.10.